The van der Waals surface area contributed by atoms with Gasteiger partial charge >= 0.3 is 0 Å². The summed E-state index contributed by atoms with van der Waals surface area (Å²) in [5.41, 5.74) is 6.86. The summed E-state index contributed by atoms with van der Waals surface area (Å²) in [5, 5.41) is 1.12. The van der Waals surface area contributed by atoms with Crippen LogP contribution >= 0.6 is 0 Å². The van der Waals surface area contributed by atoms with Crippen molar-refractivity contribution in [3.05, 3.63) is 78.4 Å². The standard InChI is InChI=1S/C27H25NO2/c1-27(2)15-16-28-25(19-13-9-6-10-14-19)22(18-11-7-5-8-12-18)23-20(29-3)17-21(30-4)24(27)26(23)28/h5-17H,1-4H3. The number of methoxy groups -OCH3 is 2. The van der Waals surface area contributed by atoms with E-state index < -0.39 is 0 Å². The van der Waals surface area contributed by atoms with Gasteiger partial charge in [0.1, 0.15) is 11.5 Å². The molecule has 0 spiro atoms. The number of hydrogen-bond acceptors (Lipinski definition) is 2. The fraction of sp³-hybridized carbons (Fsp3) is 0.185. The predicted octanol–water partition coefficient (Wildman–Crippen LogP) is 6.75. The molecule has 0 saturated heterocycles. The molecule has 0 radical (unpaired) electrons. The lowest BCUT2D eigenvalue weighted by Crippen LogP contribution is -2.20. The van der Waals surface area contributed by atoms with Crippen LogP contribution in [0.15, 0.2) is 72.8 Å². The molecule has 0 fully saturated rings. The Kier molecular flexibility index (Phi) is 4.21. The van der Waals surface area contributed by atoms with Crippen LogP contribution in [0.3, 0.4) is 0 Å². The van der Waals surface area contributed by atoms with Crippen molar-refractivity contribution in [2.75, 3.05) is 14.2 Å². The maximum Gasteiger partial charge on any atom is 0.132 e. The van der Waals surface area contributed by atoms with Crippen LogP contribution in [0.4, 0.5) is 0 Å². The van der Waals surface area contributed by atoms with Crippen LogP contribution in [0.25, 0.3) is 39.5 Å². The third-order valence-corrected chi connectivity index (χ3v) is 6.03. The van der Waals surface area contributed by atoms with Gasteiger partial charge in [0, 0.05) is 28.8 Å². The first-order chi connectivity index (χ1) is 14.6. The zero-order valence-corrected chi connectivity index (χ0v) is 17.8. The summed E-state index contributed by atoms with van der Waals surface area (Å²) in [7, 11) is 3.46. The van der Waals surface area contributed by atoms with Crippen molar-refractivity contribution >= 4 is 17.1 Å². The highest BCUT2D eigenvalue weighted by Crippen LogP contribution is 2.52. The minimum Gasteiger partial charge on any atom is -0.496 e. The van der Waals surface area contributed by atoms with E-state index in [1.165, 1.54) is 22.3 Å². The van der Waals surface area contributed by atoms with E-state index in [9.17, 15) is 0 Å². The minimum absolute atomic E-state index is 0.161. The highest BCUT2D eigenvalue weighted by atomic mass is 16.5. The van der Waals surface area contributed by atoms with Crippen LogP contribution < -0.4 is 9.47 Å². The van der Waals surface area contributed by atoms with Gasteiger partial charge in [-0.25, -0.2) is 0 Å². The van der Waals surface area contributed by atoms with E-state index >= 15 is 0 Å². The third kappa shape index (κ3) is 2.58. The number of hydrogen-bond donors (Lipinski definition) is 0. The van der Waals surface area contributed by atoms with Crippen molar-refractivity contribution in [3.8, 4) is 33.9 Å². The summed E-state index contributed by atoms with van der Waals surface area (Å²) in [4.78, 5) is 0. The number of allylic oxidation sites excluding steroid dienone is 1. The average molecular weight is 396 g/mol. The molecule has 2 heterocycles. The first kappa shape index (κ1) is 18.6. The second-order valence-corrected chi connectivity index (χ2v) is 8.24. The van der Waals surface area contributed by atoms with E-state index in [0.29, 0.717) is 0 Å². The Balaban J connectivity index is 2.05. The molecule has 1 aliphatic rings. The minimum atomic E-state index is -0.161. The van der Waals surface area contributed by atoms with Gasteiger partial charge in [-0.05, 0) is 11.1 Å². The lowest BCUT2D eigenvalue weighted by Gasteiger charge is -2.29. The van der Waals surface area contributed by atoms with Crippen molar-refractivity contribution in [2.45, 2.75) is 19.3 Å². The number of ether oxygens (including phenoxy) is 2. The van der Waals surface area contributed by atoms with Gasteiger partial charge in [-0.3, -0.25) is 0 Å². The lowest BCUT2D eigenvalue weighted by atomic mass is 9.81. The first-order valence-corrected chi connectivity index (χ1v) is 10.2. The molecule has 3 heteroatoms. The fourth-order valence-electron chi connectivity index (χ4n) is 4.66. The molecule has 3 aromatic carbocycles. The Hall–Kier alpha value is -3.46. The number of nitrogens with zero attached hydrogens (tertiary/aromatic N) is 1. The highest BCUT2D eigenvalue weighted by molar-refractivity contribution is 6.11. The molecule has 0 aliphatic carbocycles. The molecule has 0 N–H and O–H groups in total. The van der Waals surface area contributed by atoms with Crippen LogP contribution in [-0.4, -0.2) is 18.8 Å². The summed E-state index contributed by atoms with van der Waals surface area (Å²) >= 11 is 0. The molecule has 0 atom stereocenters. The molecular weight excluding hydrogens is 370 g/mol. The first-order valence-electron chi connectivity index (χ1n) is 10.2. The molecule has 3 nitrogen and oxygen atoms in total. The SMILES string of the molecule is COc1cc(OC)c2c(-c3ccccc3)c(-c3ccccc3)n3c2c1C(C)(C)C=C3. The Morgan fingerprint density at radius 1 is 0.767 bits per heavy atom. The Bertz CT molecular complexity index is 1270. The second kappa shape index (κ2) is 6.81. The molecule has 0 bridgehead atoms. The van der Waals surface area contributed by atoms with Crippen molar-refractivity contribution in [3.63, 3.8) is 0 Å². The van der Waals surface area contributed by atoms with Gasteiger partial charge in [-0.1, -0.05) is 80.6 Å². The van der Waals surface area contributed by atoms with E-state index in [4.69, 9.17) is 9.47 Å². The Morgan fingerprint density at radius 3 is 1.97 bits per heavy atom. The monoisotopic (exact) mass is 395 g/mol. The van der Waals surface area contributed by atoms with Gasteiger partial charge in [-0.2, -0.15) is 0 Å². The molecule has 4 aromatic rings. The maximum atomic E-state index is 5.91. The van der Waals surface area contributed by atoms with Crippen molar-refractivity contribution in [2.24, 2.45) is 0 Å². The van der Waals surface area contributed by atoms with Crippen LogP contribution in [0, 0.1) is 0 Å². The normalized spacial score (nSPS) is 14.1. The van der Waals surface area contributed by atoms with Gasteiger partial charge in [-0.15, -0.1) is 0 Å². The fourth-order valence-corrected chi connectivity index (χ4v) is 4.66. The molecule has 5 rings (SSSR count). The molecule has 1 aromatic heterocycles. The van der Waals surface area contributed by atoms with Crippen molar-refractivity contribution < 1.29 is 9.47 Å². The van der Waals surface area contributed by atoms with E-state index in [1.54, 1.807) is 14.2 Å². The van der Waals surface area contributed by atoms with Crippen LogP contribution in [0.1, 0.15) is 19.4 Å². The largest absolute Gasteiger partial charge is 0.496 e. The predicted molar refractivity (Wildman–Crippen MR) is 124 cm³/mol. The number of benzene rings is 3. The summed E-state index contributed by atoms with van der Waals surface area (Å²) in [6.07, 6.45) is 4.45. The van der Waals surface area contributed by atoms with Gasteiger partial charge in [0.05, 0.1) is 30.8 Å². The van der Waals surface area contributed by atoms with Gasteiger partial charge in [0.15, 0.2) is 0 Å². The zero-order valence-electron chi connectivity index (χ0n) is 17.8. The van der Waals surface area contributed by atoms with Crippen LogP contribution in [0.2, 0.25) is 0 Å². The van der Waals surface area contributed by atoms with E-state index in [-0.39, 0.29) is 5.41 Å². The number of rotatable bonds is 4. The summed E-state index contributed by atoms with van der Waals surface area (Å²) in [6.45, 7) is 4.46. The van der Waals surface area contributed by atoms with E-state index in [2.05, 4.69) is 91.4 Å². The Morgan fingerprint density at radius 2 is 1.37 bits per heavy atom. The lowest BCUT2D eigenvalue weighted by molar-refractivity contribution is 0.389. The number of aromatic nitrogens is 1. The zero-order chi connectivity index (χ0) is 20.9. The Labute approximate surface area is 177 Å². The summed E-state index contributed by atoms with van der Waals surface area (Å²) < 4.78 is 14.1. The summed E-state index contributed by atoms with van der Waals surface area (Å²) in [6, 6.07) is 23.2. The third-order valence-electron chi connectivity index (χ3n) is 6.03. The van der Waals surface area contributed by atoms with Gasteiger partial charge in [0.2, 0.25) is 0 Å². The van der Waals surface area contributed by atoms with E-state index in [0.717, 1.165) is 28.1 Å². The van der Waals surface area contributed by atoms with Crippen molar-refractivity contribution in [1.29, 1.82) is 0 Å². The second-order valence-electron chi connectivity index (χ2n) is 8.24. The van der Waals surface area contributed by atoms with Crippen LogP contribution in [0.5, 0.6) is 11.5 Å². The van der Waals surface area contributed by atoms with Crippen molar-refractivity contribution in [1.82, 2.24) is 4.57 Å². The molecule has 30 heavy (non-hydrogen) atoms. The average Bonchev–Trinajstić information content (AvgIpc) is 3.12. The smallest absolute Gasteiger partial charge is 0.132 e. The molecule has 1 aliphatic heterocycles. The van der Waals surface area contributed by atoms with Gasteiger partial charge < -0.3 is 14.0 Å². The van der Waals surface area contributed by atoms with E-state index in [1.807, 2.05) is 6.07 Å². The molecule has 0 unspecified atom stereocenters. The van der Waals surface area contributed by atoms with Crippen LogP contribution in [-0.2, 0) is 5.41 Å². The molecule has 0 amide bonds. The maximum absolute atomic E-state index is 5.91. The highest BCUT2D eigenvalue weighted by Gasteiger charge is 2.34. The molecular formula is C27H25NO2. The molecule has 0 saturated carbocycles. The quantitative estimate of drug-likeness (QED) is 0.381. The topological polar surface area (TPSA) is 23.4 Å². The molecule has 150 valence electrons. The summed E-state index contributed by atoms with van der Waals surface area (Å²) in [5.74, 6) is 1.68. The van der Waals surface area contributed by atoms with Gasteiger partial charge in [0.25, 0.3) is 0 Å².